The van der Waals surface area contributed by atoms with Crippen LogP contribution >= 0.6 is 15.9 Å². The van der Waals surface area contributed by atoms with E-state index >= 15 is 0 Å². The average molecular weight is 294 g/mol. The summed E-state index contributed by atoms with van der Waals surface area (Å²) in [5.74, 6) is 0.482. The maximum Gasteiger partial charge on any atom is 0.128 e. The Kier molecular flexibility index (Phi) is 5.42. The summed E-state index contributed by atoms with van der Waals surface area (Å²) in [6, 6.07) is 4.79. The molecule has 0 amide bonds. The first kappa shape index (κ1) is 12.8. The molecule has 0 spiro atoms. The minimum atomic E-state index is -1.02. The first-order chi connectivity index (χ1) is 7.13. The third-order valence-electron chi connectivity index (χ3n) is 1.91. The van der Waals surface area contributed by atoms with Gasteiger partial charge in [0.1, 0.15) is 5.82 Å². The van der Waals surface area contributed by atoms with E-state index in [0.29, 0.717) is 28.8 Å². The zero-order valence-electron chi connectivity index (χ0n) is 8.21. The van der Waals surface area contributed by atoms with E-state index in [1.165, 1.54) is 6.07 Å². The van der Waals surface area contributed by atoms with Gasteiger partial charge >= 0.3 is 0 Å². The summed E-state index contributed by atoms with van der Waals surface area (Å²) >= 11 is 3.17. The van der Waals surface area contributed by atoms with Gasteiger partial charge in [-0.2, -0.15) is 0 Å². The zero-order valence-corrected chi connectivity index (χ0v) is 10.6. The van der Waals surface area contributed by atoms with Crippen LogP contribution < -0.4 is 5.73 Å². The molecule has 1 unspecified atom stereocenters. The largest absolute Gasteiger partial charge is 0.330 e. The molecule has 1 aromatic carbocycles. The molecule has 0 fully saturated rings. The first-order valence-corrected chi connectivity index (χ1v) is 6.90. The Bertz CT molecular complexity index is 359. The summed E-state index contributed by atoms with van der Waals surface area (Å²) in [5, 5.41) is 0. The Hall–Kier alpha value is -0.260. The van der Waals surface area contributed by atoms with Gasteiger partial charge in [0.2, 0.25) is 0 Å². The van der Waals surface area contributed by atoms with Crippen LogP contribution in [0.15, 0.2) is 22.7 Å². The van der Waals surface area contributed by atoms with Crippen LogP contribution in [-0.4, -0.2) is 16.5 Å². The summed E-state index contributed by atoms with van der Waals surface area (Å²) < 4.78 is 25.5. The van der Waals surface area contributed by atoms with Crippen molar-refractivity contribution in [2.75, 3.05) is 12.3 Å². The van der Waals surface area contributed by atoms with Crippen molar-refractivity contribution >= 4 is 26.7 Å². The van der Waals surface area contributed by atoms with E-state index in [1.807, 2.05) is 0 Å². The number of halogens is 2. The highest BCUT2D eigenvalue weighted by Crippen LogP contribution is 2.16. The molecule has 0 radical (unpaired) electrons. The lowest BCUT2D eigenvalue weighted by Crippen LogP contribution is -2.08. The van der Waals surface area contributed by atoms with Gasteiger partial charge in [-0.1, -0.05) is 22.0 Å². The molecule has 0 aliphatic rings. The van der Waals surface area contributed by atoms with E-state index in [1.54, 1.807) is 12.1 Å². The van der Waals surface area contributed by atoms with E-state index < -0.39 is 10.8 Å². The van der Waals surface area contributed by atoms with Gasteiger partial charge in [0.05, 0.1) is 5.75 Å². The number of hydrogen-bond acceptors (Lipinski definition) is 2. The molecule has 1 aromatic rings. The molecular formula is C10H13BrFNOS. The van der Waals surface area contributed by atoms with Gasteiger partial charge in [-0.25, -0.2) is 4.39 Å². The van der Waals surface area contributed by atoms with E-state index in [2.05, 4.69) is 15.9 Å². The van der Waals surface area contributed by atoms with Crippen LogP contribution in [0.5, 0.6) is 0 Å². The Labute approximate surface area is 99.6 Å². The van der Waals surface area contributed by atoms with Crippen molar-refractivity contribution in [3.05, 3.63) is 34.1 Å². The number of benzene rings is 1. The quantitative estimate of drug-likeness (QED) is 0.904. The fraction of sp³-hybridized carbons (Fsp3) is 0.400. The summed E-state index contributed by atoms with van der Waals surface area (Å²) in [4.78, 5) is 0. The lowest BCUT2D eigenvalue weighted by molar-refractivity contribution is 0.614. The lowest BCUT2D eigenvalue weighted by atomic mass is 10.2. The molecule has 0 aliphatic heterocycles. The summed E-state index contributed by atoms with van der Waals surface area (Å²) in [5.41, 5.74) is 5.80. The molecule has 2 N–H and O–H groups in total. The SMILES string of the molecule is NCCCS(=O)Cc1ccc(Br)cc1F. The molecule has 1 rings (SSSR count). The van der Waals surface area contributed by atoms with Crippen molar-refractivity contribution < 1.29 is 8.60 Å². The fourth-order valence-electron chi connectivity index (χ4n) is 1.13. The third-order valence-corrected chi connectivity index (χ3v) is 3.78. The second-order valence-electron chi connectivity index (χ2n) is 3.17. The van der Waals surface area contributed by atoms with Crippen molar-refractivity contribution in [2.24, 2.45) is 5.73 Å². The highest BCUT2D eigenvalue weighted by atomic mass is 79.9. The van der Waals surface area contributed by atoms with Gasteiger partial charge in [0, 0.05) is 26.6 Å². The molecule has 0 heterocycles. The molecule has 0 aliphatic carbocycles. The summed E-state index contributed by atoms with van der Waals surface area (Å²) in [6.45, 7) is 0.522. The molecule has 1 atom stereocenters. The van der Waals surface area contributed by atoms with Crippen LogP contribution in [0, 0.1) is 5.82 Å². The van der Waals surface area contributed by atoms with E-state index in [4.69, 9.17) is 5.73 Å². The molecule has 0 bridgehead atoms. The van der Waals surface area contributed by atoms with Crippen LogP contribution in [0.1, 0.15) is 12.0 Å². The molecule has 15 heavy (non-hydrogen) atoms. The normalized spacial score (nSPS) is 12.7. The topological polar surface area (TPSA) is 43.1 Å². The van der Waals surface area contributed by atoms with E-state index in [-0.39, 0.29) is 11.6 Å². The third kappa shape index (κ3) is 4.40. The molecule has 0 saturated heterocycles. The molecular weight excluding hydrogens is 281 g/mol. The minimum Gasteiger partial charge on any atom is -0.330 e. The Morgan fingerprint density at radius 2 is 2.20 bits per heavy atom. The van der Waals surface area contributed by atoms with E-state index in [0.717, 1.165) is 0 Å². The predicted octanol–water partition coefficient (Wildman–Crippen LogP) is 2.19. The van der Waals surface area contributed by atoms with Gasteiger partial charge in [0.15, 0.2) is 0 Å². The van der Waals surface area contributed by atoms with Gasteiger partial charge < -0.3 is 5.73 Å². The Balaban J connectivity index is 2.60. The molecule has 0 aromatic heterocycles. The van der Waals surface area contributed by atoms with Gasteiger partial charge in [-0.15, -0.1) is 0 Å². The predicted molar refractivity (Wildman–Crippen MR) is 64.5 cm³/mol. The Morgan fingerprint density at radius 3 is 2.80 bits per heavy atom. The standard InChI is InChI=1S/C10H13BrFNOS/c11-9-3-2-8(10(12)6-9)7-15(14)5-1-4-13/h2-3,6H,1,4-5,7,13H2. The number of nitrogens with two attached hydrogens (primary N) is 1. The number of rotatable bonds is 5. The minimum absolute atomic E-state index is 0.263. The van der Waals surface area contributed by atoms with Crippen molar-refractivity contribution in [2.45, 2.75) is 12.2 Å². The highest BCUT2D eigenvalue weighted by Gasteiger charge is 2.06. The Morgan fingerprint density at radius 1 is 1.47 bits per heavy atom. The van der Waals surface area contributed by atoms with Crippen molar-refractivity contribution in [3.8, 4) is 0 Å². The second kappa shape index (κ2) is 6.35. The summed E-state index contributed by atoms with van der Waals surface area (Å²) in [7, 11) is -1.02. The maximum absolute atomic E-state index is 13.3. The molecule has 5 heteroatoms. The highest BCUT2D eigenvalue weighted by molar-refractivity contribution is 9.10. The first-order valence-electron chi connectivity index (χ1n) is 4.62. The van der Waals surface area contributed by atoms with Crippen LogP contribution in [0.4, 0.5) is 4.39 Å². The lowest BCUT2D eigenvalue weighted by Gasteiger charge is -2.03. The van der Waals surface area contributed by atoms with Crippen LogP contribution in [0.3, 0.4) is 0 Å². The van der Waals surface area contributed by atoms with Gasteiger partial charge in [-0.3, -0.25) is 4.21 Å². The maximum atomic E-state index is 13.3. The smallest absolute Gasteiger partial charge is 0.128 e. The zero-order chi connectivity index (χ0) is 11.3. The molecule has 2 nitrogen and oxygen atoms in total. The molecule has 0 saturated carbocycles. The van der Waals surface area contributed by atoms with Gasteiger partial charge in [-0.05, 0) is 25.1 Å². The van der Waals surface area contributed by atoms with E-state index in [9.17, 15) is 8.60 Å². The average Bonchev–Trinajstić information content (AvgIpc) is 2.19. The number of hydrogen-bond donors (Lipinski definition) is 1. The molecule has 84 valence electrons. The monoisotopic (exact) mass is 293 g/mol. The second-order valence-corrected chi connectivity index (χ2v) is 5.66. The van der Waals surface area contributed by atoms with Crippen molar-refractivity contribution in [1.82, 2.24) is 0 Å². The van der Waals surface area contributed by atoms with Crippen LogP contribution in [0.2, 0.25) is 0 Å². The fourth-order valence-corrected chi connectivity index (χ4v) is 2.68. The van der Waals surface area contributed by atoms with Crippen LogP contribution in [-0.2, 0) is 16.6 Å². The van der Waals surface area contributed by atoms with Gasteiger partial charge in [0.25, 0.3) is 0 Å². The summed E-state index contributed by atoms with van der Waals surface area (Å²) in [6.07, 6.45) is 0.713. The van der Waals surface area contributed by atoms with Crippen molar-refractivity contribution in [3.63, 3.8) is 0 Å². The van der Waals surface area contributed by atoms with Crippen molar-refractivity contribution in [1.29, 1.82) is 0 Å². The van der Waals surface area contributed by atoms with Crippen LogP contribution in [0.25, 0.3) is 0 Å².